The second kappa shape index (κ2) is 5.31. The number of fused-ring (bicyclic) bond motifs is 1. The zero-order chi connectivity index (χ0) is 13.0. The number of amides is 1. The Hall–Kier alpha value is -2.37. The molecule has 0 saturated heterocycles. The first-order chi connectivity index (χ1) is 8.65. The molecule has 1 amide bonds. The standard InChI is InChI=1S/C12H13N3O3/c16-10-3-4-13-12-9(7-14-10)5-8(6-15-12)1-2-11(17)18/h1-2,5-6H,3-4,7H2,(H,13,15)(H,14,16)(H,17,18)/b2-1+. The molecule has 2 rings (SSSR count). The van der Waals surface area contributed by atoms with Crippen molar-refractivity contribution in [2.75, 3.05) is 11.9 Å². The van der Waals surface area contributed by atoms with Gasteiger partial charge in [-0.1, -0.05) is 0 Å². The summed E-state index contributed by atoms with van der Waals surface area (Å²) in [6, 6.07) is 1.81. The van der Waals surface area contributed by atoms with Crippen molar-refractivity contribution >= 4 is 23.8 Å². The first-order valence-electron chi connectivity index (χ1n) is 5.55. The second-order valence-electron chi connectivity index (χ2n) is 3.90. The fourth-order valence-electron chi connectivity index (χ4n) is 1.66. The third-order valence-electron chi connectivity index (χ3n) is 2.53. The summed E-state index contributed by atoms with van der Waals surface area (Å²) in [6.45, 7) is 0.930. The summed E-state index contributed by atoms with van der Waals surface area (Å²) in [7, 11) is 0. The Bertz CT molecular complexity index is 511. The Balaban J connectivity index is 2.23. The molecular formula is C12H13N3O3. The van der Waals surface area contributed by atoms with Crippen LogP contribution in [0.3, 0.4) is 0 Å². The zero-order valence-corrected chi connectivity index (χ0v) is 9.64. The lowest BCUT2D eigenvalue weighted by atomic mass is 10.1. The highest BCUT2D eigenvalue weighted by Crippen LogP contribution is 2.16. The quantitative estimate of drug-likeness (QED) is 0.666. The fourth-order valence-corrected chi connectivity index (χ4v) is 1.66. The molecule has 2 heterocycles. The van der Waals surface area contributed by atoms with Gasteiger partial charge in [0.25, 0.3) is 0 Å². The van der Waals surface area contributed by atoms with Crippen LogP contribution in [0, 0.1) is 0 Å². The van der Waals surface area contributed by atoms with Gasteiger partial charge in [-0.2, -0.15) is 0 Å². The molecule has 94 valence electrons. The molecule has 0 fully saturated rings. The van der Waals surface area contributed by atoms with Crippen LogP contribution in [-0.2, 0) is 16.1 Å². The summed E-state index contributed by atoms with van der Waals surface area (Å²) in [5, 5.41) is 14.4. The summed E-state index contributed by atoms with van der Waals surface area (Å²) in [5.74, 6) is -0.296. The third kappa shape index (κ3) is 3.07. The number of carbonyl (C=O) groups excluding carboxylic acids is 1. The Labute approximate surface area is 104 Å². The highest BCUT2D eigenvalue weighted by molar-refractivity contribution is 5.85. The topological polar surface area (TPSA) is 91.3 Å². The number of pyridine rings is 1. The van der Waals surface area contributed by atoms with Crippen molar-refractivity contribution in [2.45, 2.75) is 13.0 Å². The van der Waals surface area contributed by atoms with E-state index in [0.29, 0.717) is 25.1 Å². The Morgan fingerprint density at radius 2 is 2.28 bits per heavy atom. The molecule has 1 aliphatic heterocycles. The number of nitrogens with zero attached hydrogens (tertiary/aromatic N) is 1. The van der Waals surface area contributed by atoms with Crippen molar-refractivity contribution in [3.05, 3.63) is 29.5 Å². The van der Waals surface area contributed by atoms with Gasteiger partial charge in [-0.05, 0) is 17.7 Å². The molecule has 1 aromatic rings. The first-order valence-corrected chi connectivity index (χ1v) is 5.55. The molecule has 0 atom stereocenters. The molecule has 0 unspecified atom stereocenters. The smallest absolute Gasteiger partial charge is 0.328 e. The Kier molecular flexibility index (Phi) is 3.57. The van der Waals surface area contributed by atoms with Crippen LogP contribution in [0.15, 0.2) is 18.3 Å². The minimum absolute atomic E-state index is 0.0142. The number of carbonyl (C=O) groups is 2. The molecular weight excluding hydrogens is 234 g/mol. The normalized spacial score (nSPS) is 15.2. The summed E-state index contributed by atoms with van der Waals surface area (Å²) >= 11 is 0. The van der Waals surface area contributed by atoms with Crippen molar-refractivity contribution < 1.29 is 14.7 Å². The maximum Gasteiger partial charge on any atom is 0.328 e. The molecule has 0 aromatic carbocycles. The third-order valence-corrected chi connectivity index (χ3v) is 2.53. The number of anilines is 1. The molecule has 1 aliphatic rings. The van der Waals surface area contributed by atoms with Gasteiger partial charge in [-0.15, -0.1) is 0 Å². The number of aromatic nitrogens is 1. The molecule has 0 spiro atoms. The van der Waals surface area contributed by atoms with Gasteiger partial charge in [0.2, 0.25) is 5.91 Å². The van der Waals surface area contributed by atoms with Gasteiger partial charge in [-0.25, -0.2) is 9.78 Å². The van der Waals surface area contributed by atoms with E-state index < -0.39 is 5.97 Å². The molecule has 1 aromatic heterocycles. The van der Waals surface area contributed by atoms with Gasteiger partial charge in [-0.3, -0.25) is 4.79 Å². The summed E-state index contributed by atoms with van der Waals surface area (Å²) in [4.78, 5) is 25.9. The first kappa shape index (κ1) is 12.1. The van der Waals surface area contributed by atoms with Gasteiger partial charge in [0.15, 0.2) is 0 Å². The van der Waals surface area contributed by atoms with Crippen LogP contribution in [0.1, 0.15) is 17.5 Å². The highest BCUT2D eigenvalue weighted by Gasteiger charge is 2.11. The molecule has 0 bridgehead atoms. The van der Waals surface area contributed by atoms with Crippen LogP contribution in [0.5, 0.6) is 0 Å². The van der Waals surface area contributed by atoms with E-state index in [1.165, 1.54) is 6.08 Å². The Morgan fingerprint density at radius 1 is 1.44 bits per heavy atom. The molecule has 0 saturated carbocycles. The lowest BCUT2D eigenvalue weighted by Gasteiger charge is -2.15. The monoisotopic (exact) mass is 247 g/mol. The van der Waals surface area contributed by atoms with Crippen molar-refractivity contribution in [2.24, 2.45) is 0 Å². The van der Waals surface area contributed by atoms with Crippen molar-refractivity contribution in [3.8, 4) is 0 Å². The van der Waals surface area contributed by atoms with Gasteiger partial charge in [0.1, 0.15) is 5.82 Å². The minimum Gasteiger partial charge on any atom is -0.478 e. The Morgan fingerprint density at radius 3 is 3.06 bits per heavy atom. The van der Waals surface area contributed by atoms with E-state index in [4.69, 9.17) is 5.11 Å². The molecule has 6 nitrogen and oxygen atoms in total. The van der Waals surface area contributed by atoms with Gasteiger partial charge < -0.3 is 15.7 Å². The number of hydrogen-bond donors (Lipinski definition) is 3. The van der Waals surface area contributed by atoms with E-state index in [1.807, 2.05) is 0 Å². The largest absolute Gasteiger partial charge is 0.478 e. The second-order valence-corrected chi connectivity index (χ2v) is 3.90. The van der Waals surface area contributed by atoms with Crippen molar-refractivity contribution in [1.29, 1.82) is 0 Å². The maximum atomic E-state index is 11.3. The number of aliphatic carboxylic acids is 1. The number of hydrogen-bond acceptors (Lipinski definition) is 4. The number of carboxylic acids is 1. The molecule has 6 heteroatoms. The number of carboxylic acid groups (broad SMARTS) is 1. The van der Waals surface area contributed by atoms with E-state index in [-0.39, 0.29) is 5.91 Å². The molecule has 0 aliphatic carbocycles. The molecule has 3 N–H and O–H groups in total. The zero-order valence-electron chi connectivity index (χ0n) is 9.64. The summed E-state index contributed by atoms with van der Waals surface area (Å²) in [5.41, 5.74) is 1.53. The van der Waals surface area contributed by atoms with Crippen LogP contribution in [-0.4, -0.2) is 28.5 Å². The maximum absolute atomic E-state index is 11.3. The van der Waals surface area contributed by atoms with Crippen LogP contribution >= 0.6 is 0 Å². The summed E-state index contributed by atoms with van der Waals surface area (Å²) in [6.07, 6.45) is 4.53. The van der Waals surface area contributed by atoms with E-state index in [2.05, 4.69) is 15.6 Å². The average molecular weight is 247 g/mol. The average Bonchev–Trinajstić information content (AvgIpc) is 2.33. The van der Waals surface area contributed by atoms with Crippen molar-refractivity contribution in [1.82, 2.24) is 10.3 Å². The minimum atomic E-state index is -1.01. The number of nitrogens with one attached hydrogen (secondary N) is 2. The van der Waals surface area contributed by atoms with Crippen LogP contribution in [0.4, 0.5) is 5.82 Å². The lowest BCUT2D eigenvalue weighted by Crippen LogP contribution is -2.28. The predicted molar refractivity (Wildman–Crippen MR) is 65.9 cm³/mol. The summed E-state index contributed by atoms with van der Waals surface area (Å²) < 4.78 is 0. The van der Waals surface area contributed by atoms with E-state index >= 15 is 0 Å². The van der Waals surface area contributed by atoms with Gasteiger partial charge >= 0.3 is 5.97 Å². The van der Waals surface area contributed by atoms with Crippen LogP contribution in [0.2, 0.25) is 0 Å². The number of rotatable bonds is 2. The van der Waals surface area contributed by atoms with E-state index in [1.54, 1.807) is 12.3 Å². The van der Waals surface area contributed by atoms with E-state index in [0.717, 1.165) is 17.5 Å². The van der Waals surface area contributed by atoms with Crippen LogP contribution in [0.25, 0.3) is 6.08 Å². The SMILES string of the molecule is O=C(O)/C=C/c1cnc2c(c1)CNC(=O)CCN2. The van der Waals surface area contributed by atoms with E-state index in [9.17, 15) is 9.59 Å². The van der Waals surface area contributed by atoms with Crippen LogP contribution < -0.4 is 10.6 Å². The van der Waals surface area contributed by atoms with Crippen molar-refractivity contribution in [3.63, 3.8) is 0 Å². The molecule has 18 heavy (non-hydrogen) atoms. The highest BCUT2D eigenvalue weighted by atomic mass is 16.4. The lowest BCUT2D eigenvalue weighted by molar-refractivity contribution is -0.131. The van der Waals surface area contributed by atoms with Gasteiger partial charge in [0.05, 0.1) is 0 Å². The molecule has 0 radical (unpaired) electrons. The predicted octanol–water partition coefficient (Wildman–Crippen LogP) is 0.611. The fraction of sp³-hybridized carbons (Fsp3) is 0.250. The van der Waals surface area contributed by atoms with Gasteiger partial charge in [0, 0.05) is 37.3 Å².